The van der Waals surface area contributed by atoms with Gasteiger partial charge in [-0.05, 0) is 23.3 Å². The van der Waals surface area contributed by atoms with Crippen LogP contribution < -0.4 is 0 Å². The van der Waals surface area contributed by atoms with Crippen molar-refractivity contribution in [3.63, 3.8) is 0 Å². The first-order chi connectivity index (χ1) is 9.65. The minimum Gasteiger partial charge on any atom is -0.258 e. The summed E-state index contributed by atoms with van der Waals surface area (Å²) in [5, 5.41) is 12.0. The van der Waals surface area contributed by atoms with E-state index in [0.717, 1.165) is 16.5 Å². The summed E-state index contributed by atoms with van der Waals surface area (Å²) in [4.78, 5) is 14.7. The predicted octanol–water partition coefficient (Wildman–Crippen LogP) is 4.46. The van der Waals surface area contributed by atoms with E-state index >= 15 is 0 Å². The monoisotopic (exact) mass is 284 g/mol. The highest BCUT2D eigenvalue weighted by atomic mass is 35.5. The van der Waals surface area contributed by atoms with Crippen LogP contribution in [-0.2, 0) is 0 Å². The zero-order chi connectivity index (χ0) is 14.1. The van der Waals surface area contributed by atoms with Crippen LogP contribution in [0.4, 0.5) is 5.69 Å². The zero-order valence-electron chi connectivity index (χ0n) is 10.3. The Morgan fingerprint density at radius 3 is 2.50 bits per heavy atom. The normalized spacial score (nSPS) is 10.7. The Hall–Kier alpha value is -2.46. The first-order valence-electron chi connectivity index (χ1n) is 5.95. The molecule has 20 heavy (non-hydrogen) atoms. The first-order valence-corrected chi connectivity index (χ1v) is 6.33. The average molecular weight is 285 g/mol. The standard InChI is InChI=1S/C15H9ClN2O2/c16-15-9-12(10-4-2-1-3-5-10)13-8-11(18(19)20)6-7-14(13)17-15/h1-9H. The lowest BCUT2D eigenvalue weighted by Crippen LogP contribution is -1.90. The van der Waals surface area contributed by atoms with Crippen LogP contribution in [0.2, 0.25) is 5.15 Å². The van der Waals surface area contributed by atoms with Crippen LogP contribution in [-0.4, -0.2) is 9.91 Å². The van der Waals surface area contributed by atoms with Crippen LogP contribution in [0.3, 0.4) is 0 Å². The zero-order valence-corrected chi connectivity index (χ0v) is 11.0. The molecule has 98 valence electrons. The molecule has 0 atom stereocenters. The van der Waals surface area contributed by atoms with Gasteiger partial charge >= 0.3 is 0 Å². The molecular weight excluding hydrogens is 276 g/mol. The molecule has 3 aromatic rings. The van der Waals surface area contributed by atoms with E-state index in [-0.39, 0.29) is 5.69 Å². The van der Waals surface area contributed by atoms with E-state index in [2.05, 4.69) is 4.98 Å². The van der Waals surface area contributed by atoms with E-state index in [1.54, 1.807) is 12.1 Å². The van der Waals surface area contributed by atoms with Crippen molar-refractivity contribution in [1.29, 1.82) is 0 Å². The predicted molar refractivity (Wildman–Crippen MR) is 78.8 cm³/mol. The van der Waals surface area contributed by atoms with Gasteiger partial charge in [0, 0.05) is 17.5 Å². The van der Waals surface area contributed by atoms with Gasteiger partial charge in [-0.3, -0.25) is 10.1 Å². The van der Waals surface area contributed by atoms with E-state index in [4.69, 9.17) is 11.6 Å². The molecule has 0 aliphatic carbocycles. The van der Waals surface area contributed by atoms with Crippen molar-refractivity contribution >= 4 is 28.2 Å². The van der Waals surface area contributed by atoms with Crippen molar-refractivity contribution in [2.75, 3.05) is 0 Å². The molecule has 0 aliphatic rings. The van der Waals surface area contributed by atoms with Crippen molar-refractivity contribution < 1.29 is 4.92 Å². The lowest BCUT2D eigenvalue weighted by Gasteiger charge is -2.07. The molecule has 0 aliphatic heterocycles. The highest BCUT2D eigenvalue weighted by Gasteiger charge is 2.12. The first kappa shape index (κ1) is 12.6. The third-order valence-corrected chi connectivity index (χ3v) is 3.25. The molecule has 0 saturated heterocycles. The maximum Gasteiger partial charge on any atom is 0.270 e. The fraction of sp³-hybridized carbons (Fsp3) is 0. The van der Waals surface area contributed by atoms with Crippen LogP contribution in [0.1, 0.15) is 0 Å². The number of fused-ring (bicyclic) bond motifs is 1. The number of pyridine rings is 1. The lowest BCUT2D eigenvalue weighted by molar-refractivity contribution is -0.384. The molecule has 0 saturated carbocycles. The fourth-order valence-corrected chi connectivity index (χ4v) is 2.35. The van der Waals surface area contributed by atoms with Crippen LogP contribution in [0.5, 0.6) is 0 Å². The Balaban J connectivity index is 2.34. The third-order valence-electron chi connectivity index (χ3n) is 3.06. The minimum atomic E-state index is -0.414. The number of nitrogens with zero attached hydrogens (tertiary/aromatic N) is 2. The average Bonchev–Trinajstić information content (AvgIpc) is 2.46. The minimum absolute atomic E-state index is 0.0406. The van der Waals surface area contributed by atoms with Gasteiger partial charge in [0.1, 0.15) is 5.15 Å². The number of nitro benzene ring substituents is 1. The molecule has 0 radical (unpaired) electrons. The van der Waals surface area contributed by atoms with Crippen molar-refractivity contribution in [3.05, 3.63) is 69.9 Å². The molecule has 1 aromatic heterocycles. The van der Waals surface area contributed by atoms with E-state index in [1.165, 1.54) is 12.1 Å². The molecule has 2 aromatic carbocycles. The van der Waals surface area contributed by atoms with Gasteiger partial charge in [0.15, 0.2) is 0 Å². The molecule has 0 amide bonds. The molecular formula is C15H9ClN2O2. The number of hydrogen-bond acceptors (Lipinski definition) is 3. The number of hydrogen-bond donors (Lipinski definition) is 0. The molecule has 0 fully saturated rings. The molecule has 4 nitrogen and oxygen atoms in total. The summed E-state index contributed by atoms with van der Waals surface area (Å²) in [6.45, 7) is 0. The number of non-ortho nitro benzene ring substituents is 1. The SMILES string of the molecule is O=[N+]([O-])c1ccc2nc(Cl)cc(-c3ccccc3)c2c1. The molecule has 0 bridgehead atoms. The number of nitro groups is 1. The van der Waals surface area contributed by atoms with Gasteiger partial charge in [-0.2, -0.15) is 0 Å². The van der Waals surface area contributed by atoms with Gasteiger partial charge < -0.3 is 0 Å². The van der Waals surface area contributed by atoms with Crippen LogP contribution in [0.25, 0.3) is 22.0 Å². The Kier molecular flexibility index (Phi) is 3.08. The molecule has 0 N–H and O–H groups in total. The summed E-state index contributed by atoms with van der Waals surface area (Å²) in [7, 11) is 0. The summed E-state index contributed by atoms with van der Waals surface area (Å²) in [5.74, 6) is 0. The van der Waals surface area contributed by atoms with Crippen LogP contribution in [0.15, 0.2) is 54.6 Å². The highest BCUT2D eigenvalue weighted by molar-refractivity contribution is 6.30. The smallest absolute Gasteiger partial charge is 0.258 e. The number of benzene rings is 2. The van der Waals surface area contributed by atoms with Gasteiger partial charge in [-0.1, -0.05) is 41.9 Å². The van der Waals surface area contributed by atoms with Gasteiger partial charge in [0.2, 0.25) is 0 Å². The molecule has 1 heterocycles. The number of rotatable bonds is 2. The Morgan fingerprint density at radius 2 is 1.80 bits per heavy atom. The topological polar surface area (TPSA) is 56.0 Å². The fourth-order valence-electron chi connectivity index (χ4n) is 2.15. The second-order valence-corrected chi connectivity index (χ2v) is 4.70. The number of halogens is 1. The molecule has 5 heteroatoms. The largest absolute Gasteiger partial charge is 0.270 e. The van der Waals surface area contributed by atoms with Gasteiger partial charge in [-0.15, -0.1) is 0 Å². The molecule has 0 unspecified atom stereocenters. The maximum atomic E-state index is 10.9. The summed E-state index contributed by atoms with van der Waals surface area (Å²) >= 11 is 6.03. The van der Waals surface area contributed by atoms with E-state index in [9.17, 15) is 10.1 Å². The van der Waals surface area contributed by atoms with Crippen molar-refractivity contribution in [1.82, 2.24) is 4.98 Å². The van der Waals surface area contributed by atoms with Crippen LogP contribution in [0, 0.1) is 10.1 Å². The summed E-state index contributed by atoms with van der Waals surface area (Å²) in [6.07, 6.45) is 0. The van der Waals surface area contributed by atoms with Crippen LogP contribution >= 0.6 is 11.6 Å². The van der Waals surface area contributed by atoms with E-state index in [1.807, 2.05) is 30.3 Å². The molecule has 0 spiro atoms. The number of aromatic nitrogens is 1. The van der Waals surface area contributed by atoms with E-state index < -0.39 is 4.92 Å². The maximum absolute atomic E-state index is 10.9. The summed E-state index contributed by atoms with van der Waals surface area (Å²) in [5.41, 5.74) is 2.47. The second-order valence-electron chi connectivity index (χ2n) is 4.32. The van der Waals surface area contributed by atoms with Gasteiger partial charge in [-0.25, -0.2) is 4.98 Å². The Labute approximate surface area is 119 Å². The summed E-state index contributed by atoms with van der Waals surface area (Å²) < 4.78 is 0. The van der Waals surface area contributed by atoms with E-state index in [0.29, 0.717) is 10.7 Å². The highest BCUT2D eigenvalue weighted by Crippen LogP contribution is 2.32. The summed E-state index contributed by atoms with van der Waals surface area (Å²) in [6, 6.07) is 15.9. The lowest BCUT2D eigenvalue weighted by atomic mass is 10.0. The Morgan fingerprint density at radius 1 is 1.05 bits per heavy atom. The third kappa shape index (κ3) is 2.21. The van der Waals surface area contributed by atoms with Gasteiger partial charge in [0.25, 0.3) is 5.69 Å². The van der Waals surface area contributed by atoms with Crippen molar-refractivity contribution in [2.24, 2.45) is 0 Å². The Bertz CT molecular complexity index is 804. The van der Waals surface area contributed by atoms with Crippen molar-refractivity contribution in [2.45, 2.75) is 0 Å². The van der Waals surface area contributed by atoms with Crippen molar-refractivity contribution in [3.8, 4) is 11.1 Å². The van der Waals surface area contributed by atoms with Gasteiger partial charge in [0.05, 0.1) is 10.4 Å². The quantitative estimate of drug-likeness (QED) is 0.396. The second kappa shape index (κ2) is 4.90. The molecule has 3 rings (SSSR count).